The van der Waals surface area contributed by atoms with Crippen LogP contribution in [-0.4, -0.2) is 20.1 Å². The Kier molecular flexibility index (Phi) is 5.46. The molecular weight excluding hydrogens is 313 g/mol. The number of aliphatic hydroxyl groups excluding tert-OH is 1. The fourth-order valence-corrected chi connectivity index (χ4v) is 3.70. The highest BCUT2D eigenvalue weighted by Crippen LogP contribution is 2.18. The molecule has 21 heavy (non-hydrogen) atoms. The van der Waals surface area contributed by atoms with Gasteiger partial charge in [0.2, 0.25) is 10.0 Å². The van der Waals surface area contributed by atoms with Gasteiger partial charge in [0.25, 0.3) is 0 Å². The van der Waals surface area contributed by atoms with E-state index < -0.39 is 21.9 Å². The quantitative estimate of drug-likeness (QED) is 0.820. The fraction of sp³-hybridized carbons (Fsp3) is 0.286. The third-order valence-corrected chi connectivity index (χ3v) is 5.00. The minimum atomic E-state index is -3.49. The zero-order valence-corrected chi connectivity index (χ0v) is 12.8. The van der Waals surface area contributed by atoms with E-state index >= 15 is 0 Å². The molecule has 2 rings (SSSR count). The maximum atomic E-state index is 12.8. The van der Waals surface area contributed by atoms with Gasteiger partial charge in [-0.3, -0.25) is 0 Å². The average molecular weight is 329 g/mol. The molecule has 114 valence electrons. The van der Waals surface area contributed by atoms with Gasteiger partial charge in [-0.25, -0.2) is 17.5 Å². The van der Waals surface area contributed by atoms with Crippen molar-refractivity contribution in [2.75, 3.05) is 6.54 Å². The van der Waals surface area contributed by atoms with Gasteiger partial charge in [0.1, 0.15) is 5.82 Å². The number of halogens is 1. The predicted octanol–water partition coefficient (Wildman–Crippen LogP) is 2.43. The van der Waals surface area contributed by atoms with Gasteiger partial charge < -0.3 is 5.11 Å². The molecule has 0 saturated heterocycles. The minimum Gasteiger partial charge on any atom is -0.388 e. The lowest BCUT2D eigenvalue weighted by atomic mass is 10.1. The zero-order valence-electron chi connectivity index (χ0n) is 11.2. The van der Waals surface area contributed by atoms with Crippen LogP contribution in [-0.2, 0) is 15.8 Å². The molecule has 1 unspecified atom stereocenters. The van der Waals surface area contributed by atoms with Crippen molar-refractivity contribution >= 4 is 21.4 Å². The zero-order chi connectivity index (χ0) is 15.3. The standard InChI is InChI=1S/C14H16FNO3S2/c15-13-3-1-11(2-4-13)10-21(18,19)16-7-5-14(17)12-6-8-20-9-12/h1-4,6,8-9,14,16-17H,5,7,10H2. The van der Waals surface area contributed by atoms with Crippen molar-refractivity contribution in [2.45, 2.75) is 18.3 Å². The summed E-state index contributed by atoms with van der Waals surface area (Å²) in [5.74, 6) is -0.607. The normalized spacial score (nSPS) is 13.2. The predicted molar refractivity (Wildman–Crippen MR) is 80.9 cm³/mol. The molecule has 0 bridgehead atoms. The highest BCUT2D eigenvalue weighted by molar-refractivity contribution is 7.88. The average Bonchev–Trinajstić information content (AvgIpc) is 2.95. The molecule has 2 N–H and O–H groups in total. The van der Waals surface area contributed by atoms with E-state index in [1.54, 1.807) is 0 Å². The van der Waals surface area contributed by atoms with E-state index in [0.717, 1.165) is 5.56 Å². The topological polar surface area (TPSA) is 66.4 Å². The van der Waals surface area contributed by atoms with Crippen LogP contribution >= 0.6 is 11.3 Å². The summed E-state index contributed by atoms with van der Waals surface area (Å²) in [5.41, 5.74) is 1.31. The number of benzene rings is 1. The van der Waals surface area contributed by atoms with E-state index in [1.165, 1.54) is 35.6 Å². The second-order valence-electron chi connectivity index (χ2n) is 4.64. The Morgan fingerprint density at radius 2 is 1.95 bits per heavy atom. The number of nitrogens with one attached hydrogen (secondary N) is 1. The molecule has 0 fully saturated rings. The van der Waals surface area contributed by atoms with Crippen LogP contribution < -0.4 is 4.72 Å². The summed E-state index contributed by atoms with van der Waals surface area (Å²) in [6.45, 7) is 0.153. The Labute approximate surface area is 127 Å². The number of hydrogen-bond donors (Lipinski definition) is 2. The molecule has 0 aliphatic carbocycles. The lowest BCUT2D eigenvalue weighted by Crippen LogP contribution is -2.27. The third-order valence-electron chi connectivity index (χ3n) is 2.94. The summed E-state index contributed by atoms with van der Waals surface area (Å²) < 4.78 is 38.9. The first-order valence-corrected chi connectivity index (χ1v) is 8.98. The smallest absolute Gasteiger partial charge is 0.215 e. The second kappa shape index (κ2) is 7.13. The van der Waals surface area contributed by atoms with Gasteiger partial charge in [0, 0.05) is 6.54 Å². The van der Waals surface area contributed by atoms with Gasteiger partial charge in [0.05, 0.1) is 11.9 Å². The van der Waals surface area contributed by atoms with Crippen molar-refractivity contribution in [2.24, 2.45) is 0 Å². The third kappa shape index (κ3) is 5.20. The van der Waals surface area contributed by atoms with E-state index in [-0.39, 0.29) is 12.3 Å². The highest BCUT2D eigenvalue weighted by Gasteiger charge is 2.13. The van der Waals surface area contributed by atoms with E-state index in [9.17, 15) is 17.9 Å². The van der Waals surface area contributed by atoms with Crippen molar-refractivity contribution in [3.63, 3.8) is 0 Å². The number of thiophene rings is 1. The first-order chi connectivity index (χ1) is 9.96. The number of hydrogen-bond acceptors (Lipinski definition) is 4. The van der Waals surface area contributed by atoms with Crippen molar-refractivity contribution in [1.29, 1.82) is 0 Å². The molecule has 0 radical (unpaired) electrons. The van der Waals surface area contributed by atoms with Crippen LogP contribution in [0.5, 0.6) is 0 Å². The number of sulfonamides is 1. The van der Waals surface area contributed by atoms with Crippen molar-refractivity contribution in [1.82, 2.24) is 4.72 Å². The van der Waals surface area contributed by atoms with Gasteiger partial charge in [0.15, 0.2) is 0 Å². The molecule has 0 amide bonds. The van der Waals surface area contributed by atoms with E-state index in [1.807, 2.05) is 16.8 Å². The van der Waals surface area contributed by atoms with Crippen molar-refractivity contribution in [3.8, 4) is 0 Å². The second-order valence-corrected chi connectivity index (χ2v) is 7.23. The maximum absolute atomic E-state index is 12.8. The molecule has 4 nitrogen and oxygen atoms in total. The van der Waals surface area contributed by atoms with Crippen LogP contribution in [0, 0.1) is 5.82 Å². The molecule has 7 heteroatoms. The maximum Gasteiger partial charge on any atom is 0.215 e. The van der Waals surface area contributed by atoms with Crippen LogP contribution in [0.2, 0.25) is 0 Å². The summed E-state index contributed by atoms with van der Waals surface area (Å²) >= 11 is 1.48. The Morgan fingerprint density at radius 3 is 2.57 bits per heavy atom. The summed E-state index contributed by atoms with van der Waals surface area (Å²) in [7, 11) is -3.49. The first kappa shape index (κ1) is 16.1. The van der Waals surface area contributed by atoms with Gasteiger partial charge in [-0.05, 0) is 46.5 Å². The molecule has 1 aromatic heterocycles. The Bertz CT molecular complexity index is 654. The van der Waals surface area contributed by atoms with E-state index in [0.29, 0.717) is 12.0 Å². The molecule has 0 aliphatic heterocycles. The minimum absolute atomic E-state index is 0.153. The molecule has 0 aliphatic rings. The van der Waals surface area contributed by atoms with E-state index in [2.05, 4.69) is 4.72 Å². The Hall–Kier alpha value is -1.28. The van der Waals surface area contributed by atoms with Gasteiger partial charge in [-0.15, -0.1) is 0 Å². The Balaban J connectivity index is 1.82. The van der Waals surface area contributed by atoms with Crippen LogP contribution in [0.3, 0.4) is 0 Å². The fourth-order valence-electron chi connectivity index (χ4n) is 1.83. The van der Waals surface area contributed by atoms with Crippen LogP contribution in [0.25, 0.3) is 0 Å². The van der Waals surface area contributed by atoms with Crippen molar-refractivity contribution in [3.05, 3.63) is 58.0 Å². The van der Waals surface area contributed by atoms with Crippen LogP contribution in [0.1, 0.15) is 23.7 Å². The summed E-state index contributed by atoms with van der Waals surface area (Å²) in [5, 5.41) is 13.5. The van der Waals surface area contributed by atoms with Crippen LogP contribution in [0.15, 0.2) is 41.1 Å². The lowest BCUT2D eigenvalue weighted by molar-refractivity contribution is 0.169. The Morgan fingerprint density at radius 1 is 1.24 bits per heavy atom. The monoisotopic (exact) mass is 329 g/mol. The molecule has 2 aromatic rings. The summed E-state index contributed by atoms with van der Waals surface area (Å²) in [6, 6.07) is 7.14. The molecule has 1 heterocycles. The number of aliphatic hydroxyl groups is 1. The summed E-state index contributed by atoms with van der Waals surface area (Å²) in [4.78, 5) is 0. The van der Waals surface area contributed by atoms with Crippen LogP contribution in [0.4, 0.5) is 4.39 Å². The molecule has 1 aromatic carbocycles. The molecule has 0 spiro atoms. The lowest BCUT2D eigenvalue weighted by Gasteiger charge is -2.10. The number of rotatable bonds is 7. The SMILES string of the molecule is O=S(=O)(Cc1ccc(F)cc1)NCCC(O)c1ccsc1. The highest BCUT2D eigenvalue weighted by atomic mass is 32.2. The van der Waals surface area contributed by atoms with Gasteiger partial charge in [-0.1, -0.05) is 12.1 Å². The molecular formula is C14H16FNO3S2. The molecule has 0 saturated carbocycles. The van der Waals surface area contributed by atoms with Crippen molar-refractivity contribution < 1.29 is 17.9 Å². The molecule has 1 atom stereocenters. The largest absolute Gasteiger partial charge is 0.388 e. The summed E-state index contributed by atoms with van der Waals surface area (Å²) in [6.07, 6.45) is -0.371. The first-order valence-electron chi connectivity index (χ1n) is 6.38. The van der Waals surface area contributed by atoms with Gasteiger partial charge >= 0.3 is 0 Å². The van der Waals surface area contributed by atoms with E-state index in [4.69, 9.17) is 0 Å². The van der Waals surface area contributed by atoms with Gasteiger partial charge in [-0.2, -0.15) is 11.3 Å².